The van der Waals surface area contributed by atoms with E-state index >= 15 is 0 Å². The van der Waals surface area contributed by atoms with Gasteiger partial charge in [0.25, 0.3) is 6.02 Å². The SMILES string of the molecule is OCCN1CCOC1=Nc1ccc2ncnc(Nc3ccc(OCc4cccc(F)c4)c(Cl)c3)c2c1. The van der Waals surface area contributed by atoms with Gasteiger partial charge >= 0.3 is 0 Å². The first-order chi connectivity index (χ1) is 17.6. The van der Waals surface area contributed by atoms with Crippen LogP contribution in [0.15, 0.2) is 72.0 Å². The molecule has 0 spiro atoms. The van der Waals surface area contributed by atoms with Crippen LogP contribution in [0.4, 0.5) is 21.6 Å². The van der Waals surface area contributed by atoms with E-state index in [0.717, 1.165) is 10.9 Å². The standard InChI is InChI=1S/C26H23ClFN5O3/c27-22-14-20(5-7-24(22)36-15-17-2-1-3-18(28)12-17)31-25-21-13-19(4-6-23(21)29-16-30-25)32-26-33(8-10-34)9-11-35-26/h1-7,12-14,16,34H,8-11,15H2,(H,29,30,31). The van der Waals surface area contributed by atoms with Crippen molar-refractivity contribution in [3.05, 3.63) is 83.4 Å². The Bertz CT molecular complexity index is 1420. The summed E-state index contributed by atoms with van der Waals surface area (Å²) >= 11 is 6.45. The van der Waals surface area contributed by atoms with Crippen molar-refractivity contribution < 1.29 is 19.0 Å². The van der Waals surface area contributed by atoms with Crippen LogP contribution in [0, 0.1) is 5.82 Å². The van der Waals surface area contributed by atoms with Crippen LogP contribution >= 0.6 is 11.6 Å². The first kappa shape index (κ1) is 23.8. The molecule has 4 aromatic rings. The van der Waals surface area contributed by atoms with Crippen LogP contribution in [-0.4, -0.2) is 52.3 Å². The second-order valence-electron chi connectivity index (χ2n) is 8.07. The highest BCUT2D eigenvalue weighted by Crippen LogP contribution is 2.32. The van der Waals surface area contributed by atoms with Gasteiger partial charge in [0, 0.05) is 17.6 Å². The average Bonchev–Trinajstić information content (AvgIpc) is 3.31. The van der Waals surface area contributed by atoms with Crippen LogP contribution in [0.2, 0.25) is 5.02 Å². The van der Waals surface area contributed by atoms with Crippen LogP contribution in [0.5, 0.6) is 5.75 Å². The lowest BCUT2D eigenvalue weighted by Crippen LogP contribution is -2.28. The molecule has 1 aliphatic heterocycles. The number of fused-ring (bicyclic) bond motifs is 1. The predicted molar refractivity (Wildman–Crippen MR) is 137 cm³/mol. The summed E-state index contributed by atoms with van der Waals surface area (Å²) in [7, 11) is 0. The maximum Gasteiger partial charge on any atom is 0.292 e. The number of aliphatic imine (C=N–C) groups is 1. The molecule has 5 rings (SSSR count). The third kappa shape index (κ3) is 5.48. The Morgan fingerprint density at radius 3 is 2.89 bits per heavy atom. The van der Waals surface area contributed by atoms with Crippen molar-refractivity contribution in [1.29, 1.82) is 0 Å². The van der Waals surface area contributed by atoms with Gasteiger partial charge in [-0.05, 0) is 54.1 Å². The Labute approximate surface area is 212 Å². The predicted octanol–water partition coefficient (Wildman–Crippen LogP) is 5.06. The van der Waals surface area contributed by atoms with Crippen molar-refractivity contribution in [2.24, 2.45) is 4.99 Å². The summed E-state index contributed by atoms with van der Waals surface area (Å²) < 4.78 is 24.8. The second kappa shape index (κ2) is 10.8. The second-order valence-corrected chi connectivity index (χ2v) is 8.47. The lowest BCUT2D eigenvalue weighted by atomic mass is 10.2. The Kier molecular flexibility index (Phi) is 7.11. The molecular formula is C26H23ClFN5O3. The zero-order chi connectivity index (χ0) is 24.9. The number of rotatable bonds is 8. The molecule has 1 aliphatic rings. The maximum absolute atomic E-state index is 13.4. The van der Waals surface area contributed by atoms with Crippen molar-refractivity contribution >= 4 is 45.7 Å². The Morgan fingerprint density at radius 2 is 2.06 bits per heavy atom. The molecule has 3 aromatic carbocycles. The fourth-order valence-electron chi connectivity index (χ4n) is 3.81. The Balaban J connectivity index is 1.35. The normalized spacial score (nSPS) is 14.3. The highest BCUT2D eigenvalue weighted by molar-refractivity contribution is 6.32. The van der Waals surface area contributed by atoms with Gasteiger partial charge in [-0.1, -0.05) is 23.7 Å². The average molecular weight is 508 g/mol. The molecule has 2 N–H and O–H groups in total. The van der Waals surface area contributed by atoms with Gasteiger partial charge in [0.15, 0.2) is 0 Å². The molecule has 36 heavy (non-hydrogen) atoms. The third-order valence-electron chi connectivity index (χ3n) is 5.55. The van der Waals surface area contributed by atoms with Crippen LogP contribution < -0.4 is 10.1 Å². The molecule has 0 aliphatic carbocycles. The minimum Gasteiger partial charge on any atom is -0.487 e. The van der Waals surface area contributed by atoms with E-state index in [9.17, 15) is 9.50 Å². The first-order valence-electron chi connectivity index (χ1n) is 11.3. The molecule has 1 aromatic heterocycles. The highest BCUT2D eigenvalue weighted by Gasteiger charge is 2.19. The minimum absolute atomic E-state index is 0.0270. The molecule has 0 unspecified atom stereocenters. The fraction of sp³-hybridized carbons (Fsp3) is 0.192. The van der Waals surface area contributed by atoms with Crippen molar-refractivity contribution in [3.8, 4) is 5.75 Å². The van der Waals surface area contributed by atoms with Crippen molar-refractivity contribution in [2.45, 2.75) is 6.61 Å². The summed E-state index contributed by atoms with van der Waals surface area (Å²) in [6.45, 7) is 1.91. The minimum atomic E-state index is -0.313. The number of nitrogens with one attached hydrogen (secondary N) is 1. The number of nitrogens with zero attached hydrogens (tertiary/aromatic N) is 4. The largest absolute Gasteiger partial charge is 0.487 e. The number of hydrogen-bond acceptors (Lipinski definition) is 7. The van der Waals surface area contributed by atoms with E-state index in [1.165, 1.54) is 18.5 Å². The van der Waals surface area contributed by atoms with Crippen molar-refractivity contribution in [2.75, 3.05) is 31.6 Å². The van der Waals surface area contributed by atoms with Gasteiger partial charge in [-0.15, -0.1) is 0 Å². The van der Waals surface area contributed by atoms with Crippen LogP contribution in [0.25, 0.3) is 10.9 Å². The summed E-state index contributed by atoms with van der Waals surface area (Å²) in [5, 5.41) is 13.7. The number of hydrogen-bond donors (Lipinski definition) is 2. The number of benzene rings is 3. The molecule has 10 heteroatoms. The first-order valence-corrected chi connectivity index (χ1v) is 11.7. The summed E-state index contributed by atoms with van der Waals surface area (Å²) in [6, 6.07) is 17.6. The van der Waals surface area contributed by atoms with Gasteiger partial charge < -0.3 is 24.8 Å². The lowest BCUT2D eigenvalue weighted by Gasteiger charge is -2.14. The number of anilines is 2. The van der Waals surface area contributed by atoms with E-state index in [1.807, 2.05) is 29.2 Å². The van der Waals surface area contributed by atoms with E-state index in [4.69, 9.17) is 21.1 Å². The molecule has 0 atom stereocenters. The molecule has 8 nitrogen and oxygen atoms in total. The van der Waals surface area contributed by atoms with E-state index < -0.39 is 0 Å². The third-order valence-corrected chi connectivity index (χ3v) is 5.85. The molecule has 0 radical (unpaired) electrons. The van der Waals surface area contributed by atoms with Crippen LogP contribution in [0.1, 0.15) is 5.56 Å². The Morgan fingerprint density at radius 1 is 1.14 bits per heavy atom. The van der Waals surface area contributed by atoms with Gasteiger partial charge in [-0.3, -0.25) is 0 Å². The summed E-state index contributed by atoms with van der Waals surface area (Å²) in [4.78, 5) is 15.2. The fourth-order valence-corrected chi connectivity index (χ4v) is 4.04. The van der Waals surface area contributed by atoms with E-state index in [1.54, 1.807) is 24.3 Å². The number of aliphatic hydroxyl groups is 1. The molecule has 0 amide bonds. The number of halogens is 2. The maximum atomic E-state index is 13.4. The molecule has 2 heterocycles. The Hall–Kier alpha value is -3.95. The molecule has 184 valence electrons. The number of β-amino-alcohol motifs (C(OH)–C–C–N with tert-alkyl or cyclic N) is 1. The molecule has 0 saturated carbocycles. The van der Waals surface area contributed by atoms with Crippen molar-refractivity contribution in [1.82, 2.24) is 14.9 Å². The summed E-state index contributed by atoms with van der Waals surface area (Å²) in [5.74, 6) is 0.763. The molecule has 0 bridgehead atoms. The zero-order valence-electron chi connectivity index (χ0n) is 19.2. The smallest absolute Gasteiger partial charge is 0.292 e. The van der Waals surface area contributed by atoms with Crippen molar-refractivity contribution in [3.63, 3.8) is 0 Å². The molecule has 1 fully saturated rings. The van der Waals surface area contributed by atoms with Gasteiger partial charge in [0.05, 0.1) is 29.4 Å². The van der Waals surface area contributed by atoms with Gasteiger partial charge in [0.1, 0.15) is 36.9 Å². The van der Waals surface area contributed by atoms with Gasteiger partial charge in [-0.25, -0.2) is 14.4 Å². The summed E-state index contributed by atoms with van der Waals surface area (Å²) in [5.41, 5.74) is 2.85. The topological polar surface area (TPSA) is 92.1 Å². The van der Waals surface area contributed by atoms with E-state index in [-0.39, 0.29) is 19.0 Å². The summed E-state index contributed by atoms with van der Waals surface area (Å²) in [6.07, 6.45) is 1.48. The van der Waals surface area contributed by atoms with Gasteiger partial charge in [0.2, 0.25) is 0 Å². The van der Waals surface area contributed by atoms with E-state index in [2.05, 4.69) is 20.3 Å². The van der Waals surface area contributed by atoms with E-state index in [0.29, 0.717) is 59.2 Å². The quantitative estimate of drug-likeness (QED) is 0.344. The van der Waals surface area contributed by atoms with Crippen LogP contribution in [0.3, 0.4) is 0 Å². The molecule has 1 saturated heterocycles. The molecular weight excluding hydrogens is 485 g/mol. The number of aromatic nitrogens is 2. The zero-order valence-corrected chi connectivity index (χ0v) is 20.0. The highest BCUT2D eigenvalue weighted by atomic mass is 35.5. The number of aliphatic hydroxyl groups excluding tert-OH is 1. The number of amidine groups is 1. The van der Waals surface area contributed by atoms with Crippen LogP contribution in [-0.2, 0) is 11.3 Å². The van der Waals surface area contributed by atoms with Gasteiger partial charge in [-0.2, -0.15) is 4.99 Å². The lowest BCUT2D eigenvalue weighted by molar-refractivity contribution is 0.256. The number of ether oxygens (including phenoxy) is 2. The monoisotopic (exact) mass is 507 g/mol.